The molecule has 0 bridgehead atoms. The van der Waals surface area contributed by atoms with Crippen LogP contribution in [0.25, 0.3) is 0 Å². The Balaban J connectivity index is 1.81. The maximum absolute atomic E-state index is 5.97. The van der Waals surface area contributed by atoms with Crippen LogP contribution in [-0.2, 0) is 7.05 Å². The van der Waals surface area contributed by atoms with Crippen LogP contribution in [0.1, 0.15) is 31.5 Å². The summed E-state index contributed by atoms with van der Waals surface area (Å²) >= 11 is 0. The molecule has 3 rings (SSSR count). The predicted molar refractivity (Wildman–Crippen MR) is 86.1 cm³/mol. The highest BCUT2D eigenvalue weighted by Gasteiger charge is 2.56. The van der Waals surface area contributed by atoms with Gasteiger partial charge in [0, 0.05) is 7.05 Å². The van der Waals surface area contributed by atoms with E-state index < -0.39 is 7.56 Å². The van der Waals surface area contributed by atoms with Crippen molar-refractivity contribution in [3.05, 3.63) is 12.0 Å². The first kappa shape index (κ1) is 14.3. The number of anilines is 1. The molecule has 2 aliphatic heterocycles. The van der Waals surface area contributed by atoms with Gasteiger partial charge in [0.15, 0.2) is 7.56 Å². The van der Waals surface area contributed by atoms with Crippen LogP contribution >= 0.6 is 7.56 Å². The molecule has 1 atom stereocenters. The number of nitrogens with two attached hydrogens (primary N) is 1. The van der Waals surface area contributed by atoms with E-state index in [0.717, 1.165) is 5.82 Å². The van der Waals surface area contributed by atoms with E-state index in [2.05, 4.69) is 32.5 Å². The Labute approximate surface area is 122 Å². The number of rotatable bonds is 7. The van der Waals surface area contributed by atoms with E-state index >= 15 is 0 Å². The number of nitrogens with zero attached hydrogens (tertiary/aromatic N) is 4. The number of aromatic nitrogens is 2. The van der Waals surface area contributed by atoms with Crippen molar-refractivity contribution in [3.8, 4) is 0 Å². The molecule has 112 valence electrons. The Morgan fingerprint density at radius 3 is 2.30 bits per heavy atom. The van der Waals surface area contributed by atoms with Crippen molar-refractivity contribution >= 4 is 13.4 Å². The fraction of sp³-hybridized carbons (Fsp3) is 0.786. The second-order valence-corrected chi connectivity index (χ2v) is 9.94. The van der Waals surface area contributed by atoms with Crippen molar-refractivity contribution in [2.24, 2.45) is 7.05 Å². The predicted octanol–water partition coefficient (Wildman–Crippen LogP) is 1.99. The fourth-order valence-corrected chi connectivity index (χ4v) is 7.15. The Bertz CT molecular complexity index is 466. The molecule has 0 aromatic carbocycles. The van der Waals surface area contributed by atoms with Gasteiger partial charge in [-0.05, 0) is 6.42 Å². The van der Waals surface area contributed by atoms with Crippen LogP contribution < -0.4 is 5.73 Å². The number of nitrogen functional groups attached to an aromatic ring is 1. The second-order valence-electron chi connectivity index (χ2n) is 6.26. The molecule has 1 aromatic heterocycles. The monoisotopic (exact) mass is 296 g/mol. The van der Waals surface area contributed by atoms with Gasteiger partial charge in [-0.15, -0.1) is 0 Å². The largest absolute Gasteiger partial charge is 0.384 e. The van der Waals surface area contributed by atoms with E-state index in [1.54, 1.807) is 0 Å². The van der Waals surface area contributed by atoms with Crippen molar-refractivity contribution < 1.29 is 0 Å². The summed E-state index contributed by atoms with van der Waals surface area (Å²) in [5.74, 6) is 2.50. The highest BCUT2D eigenvalue weighted by Crippen LogP contribution is 2.69. The van der Waals surface area contributed by atoms with Crippen molar-refractivity contribution in [2.75, 3.05) is 44.7 Å². The second kappa shape index (κ2) is 5.28. The van der Waals surface area contributed by atoms with Crippen LogP contribution in [0.3, 0.4) is 0 Å². The lowest BCUT2D eigenvalue weighted by molar-refractivity contribution is 0.592. The minimum Gasteiger partial charge on any atom is -0.384 e. The van der Waals surface area contributed by atoms with Crippen molar-refractivity contribution in [2.45, 2.75) is 25.7 Å². The van der Waals surface area contributed by atoms with E-state index in [-0.39, 0.29) is 0 Å². The molecule has 2 saturated heterocycles. The Morgan fingerprint density at radius 1 is 1.30 bits per heavy atom. The summed E-state index contributed by atoms with van der Waals surface area (Å²) in [6, 6.07) is 0. The number of hydrogen-bond acceptors (Lipinski definition) is 4. The molecule has 1 unspecified atom stereocenters. The van der Waals surface area contributed by atoms with Gasteiger partial charge < -0.3 is 10.3 Å². The molecule has 0 amide bonds. The van der Waals surface area contributed by atoms with Crippen molar-refractivity contribution in [3.63, 3.8) is 0 Å². The van der Waals surface area contributed by atoms with Gasteiger partial charge in [-0.1, -0.05) is 13.3 Å². The third-order valence-corrected chi connectivity index (χ3v) is 9.06. The first-order valence-electron chi connectivity index (χ1n) is 7.69. The highest BCUT2D eigenvalue weighted by molar-refractivity contribution is 7.71. The van der Waals surface area contributed by atoms with Crippen molar-refractivity contribution in [1.82, 2.24) is 18.9 Å². The zero-order chi connectivity index (χ0) is 14.3. The Kier molecular flexibility index (Phi) is 3.78. The van der Waals surface area contributed by atoms with E-state index in [1.165, 1.54) is 51.0 Å². The van der Waals surface area contributed by atoms with Gasteiger partial charge in [0.1, 0.15) is 17.8 Å². The molecule has 2 aliphatic rings. The molecule has 20 heavy (non-hydrogen) atoms. The normalized spacial score (nSPS) is 21.1. The minimum absolute atomic E-state index is 0.543. The van der Waals surface area contributed by atoms with Crippen LogP contribution in [0.4, 0.5) is 5.82 Å². The van der Waals surface area contributed by atoms with Gasteiger partial charge in [0.05, 0.1) is 45.0 Å². The van der Waals surface area contributed by atoms with E-state index in [9.17, 15) is 0 Å². The van der Waals surface area contributed by atoms with Gasteiger partial charge in [0.25, 0.3) is 0 Å². The maximum atomic E-state index is 5.97. The van der Waals surface area contributed by atoms with E-state index in [4.69, 9.17) is 5.73 Å². The molecule has 0 radical (unpaired) electrons. The van der Waals surface area contributed by atoms with Crippen LogP contribution in [-0.4, -0.2) is 57.9 Å². The molecule has 0 saturated carbocycles. The van der Waals surface area contributed by atoms with Crippen LogP contribution in [0.2, 0.25) is 0 Å². The van der Waals surface area contributed by atoms with Gasteiger partial charge in [-0.25, -0.2) is 4.98 Å². The third kappa shape index (κ3) is 2.59. The zero-order valence-corrected chi connectivity index (χ0v) is 13.8. The van der Waals surface area contributed by atoms with E-state index in [1.807, 2.05) is 13.2 Å². The SMILES string of the molecule is CCCC(C[P+](C)(N1CC1)N1CC1)c1ncc(N)n1C. The Hall–Kier alpha value is -0.640. The number of imidazole rings is 1. The molecule has 3 heterocycles. The summed E-state index contributed by atoms with van der Waals surface area (Å²) in [6.07, 6.45) is 5.49. The lowest BCUT2D eigenvalue weighted by atomic mass is 10.1. The molecular formula is C14H27N5P+. The van der Waals surface area contributed by atoms with Gasteiger partial charge in [-0.2, -0.15) is 9.34 Å². The summed E-state index contributed by atoms with van der Waals surface area (Å²) in [4.78, 5) is 4.60. The average molecular weight is 296 g/mol. The molecular weight excluding hydrogens is 269 g/mol. The first-order valence-corrected chi connectivity index (χ1v) is 10.0. The van der Waals surface area contributed by atoms with Gasteiger partial charge >= 0.3 is 0 Å². The molecule has 2 N–H and O–H groups in total. The van der Waals surface area contributed by atoms with Crippen LogP contribution in [0.5, 0.6) is 0 Å². The highest BCUT2D eigenvalue weighted by atomic mass is 31.2. The Morgan fingerprint density at radius 2 is 1.90 bits per heavy atom. The molecule has 2 fully saturated rings. The van der Waals surface area contributed by atoms with Crippen LogP contribution in [0.15, 0.2) is 6.20 Å². The summed E-state index contributed by atoms with van der Waals surface area (Å²) < 4.78 is 7.49. The van der Waals surface area contributed by atoms with Gasteiger partial charge in [0.2, 0.25) is 0 Å². The van der Waals surface area contributed by atoms with Crippen molar-refractivity contribution in [1.29, 1.82) is 0 Å². The third-order valence-electron chi connectivity index (χ3n) is 4.69. The zero-order valence-electron chi connectivity index (χ0n) is 12.9. The molecule has 1 aromatic rings. The lowest BCUT2D eigenvalue weighted by Crippen LogP contribution is -2.21. The standard InChI is InChI=1S/C14H27N5P/c1-4-5-12(14-16-10-13(15)17(14)2)11-20(3,18-6-7-18)19-8-9-19/h10,12H,4-9,11,15H2,1-3H3/q+1. The molecule has 5 nitrogen and oxygen atoms in total. The summed E-state index contributed by atoms with van der Waals surface area (Å²) in [5, 5.41) is 0. The maximum Gasteiger partial charge on any atom is 0.150 e. The number of hydrogen-bond donors (Lipinski definition) is 1. The summed E-state index contributed by atoms with van der Waals surface area (Å²) in [5.41, 5.74) is 5.97. The minimum atomic E-state index is -1.08. The van der Waals surface area contributed by atoms with Crippen LogP contribution in [0, 0.1) is 0 Å². The summed E-state index contributed by atoms with van der Waals surface area (Å²) in [6.45, 7) is 9.96. The topological polar surface area (TPSA) is 49.9 Å². The fourth-order valence-electron chi connectivity index (χ4n) is 3.25. The smallest absolute Gasteiger partial charge is 0.150 e. The van der Waals surface area contributed by atoms with E-state index in [0.29, 0.717) is 5.92 Å². The summed E-state index contributed by atoms with van der Waals surface area (Å²) in [7, 11) is 0.966. The van der Waals surface area contributed by atoms with Gasteiger partial charge in [-0.3, -0.25) is 0 Å². The molecule has 6 heteroatoms. The lowest BCUT2D eigenvalue weighted by Gasteiger charge is -2.28. The first-order chi connectivity index (χ1) is 9.56. The quantitative estimate of drug-likeness (QED) is 0.617. The molecule has 0 spiro atoms. The molecule has 0 aliphatic carbocycles. The average Bonchev–Trinajstić information content (AvgIpc) is 3.30.